The van der Waals surface area contributed by atoms with E-state index in [1.807, 2.05) is 19.1 Å². The summed E-state index contributed by atoms with van der Waals surface area (Å²) in [5.74, 6) is 0.588. The fourth-order valence-electron chi connectivity index (χ4n) is 1.59. The quantitative estimate of drug-likeness (QED) is 0.817. The molecule has 5 heteroatoms. The zero-order chi connectivity index (χ0) is 12.8. The van der Waals surface area contributed by atoms with Crippen LogP contribution in [-0.2, 0) is 11.3 Å². The van der Waals surface area contributed by atoms with E-state index in [1.165, 1.54) is 0 Å². The SMILES string of the molecule is CCOCc1cc(Cl)c(OC)c(C(N)CN)c1. The topological polar surface area (TPSA) is 70.5 Å². The Kier molecular flexibility index (Phi) is 5.71. The molecule has 0 radical (unpaired) electrons. The Balaban J connectivity index is 3.09. The van der Waals surface area contributed by atoms with E-state index in [9.17, 15) is 0 Å². The molecule has 96 valence electrons. The molecule has 4 N–H and O–H groups in total. The summed E-state index contributed by atoms with van der Waals surface area (Å²) in [7, 11) is 1.57. The summed E-state index contributed by atoms with van der Waals surface area (Å²) in [6.45, 7) is 3.44. The molecule has 1 unspecified atom stereocenters. The molecule has 0 spiro atoms. The third-order valence-electron chi connectivity index (χ3n) is 2.46. The second-order valence-corrected chi connectivity index (χ2v) is 4.09. The molecule has 1 atom stereocenters. The zero-order valence-corrected chi connectivity index (χ0v) is 11.0. The van der Waals surface area contributed by atoms with Gasteiger partial charge in [0.1, 0.15) is 5.75 Å². The van der Waals surface area contributed by atoms with Gasteiger partial charge in [-0.1, -0.05) is 11.6 Å². The van der Waals surface area contributed by atoms with E-state index in [1.54, 1.807) is 7.11 Å². The van der Waals surface area contributed by atoms with E-state index in [4.69, 9.17) is 32.5 Å². The summed E-state index contributed by atoms with van der Waals surface area (Å²) in [5.41, 5.74) is 13.3. The Morgan fingerprint density at radius 3 is 2.65 bits per heavy atom. The van der Waals surface area contributed by atoms with Gasteiger partial charge in [0.25, 0.3) is 0 Å². The number of benzene rings is 1. The van der Waals surface area contributed by atoms with Crippen molar-refractivity contribution in [2.24, 2.45) is 11.5 Å². The maximum atomic E-state index is 6.14. The highest BCUT2D eigenvalue weighted by Gasteiger charge is 2.15. The maximum absolute atomic E-state index is 6.14. The van der Waals surface area contributed by atoms with Crippen molar-refractivity contribution < 1.29 is 9.47 Å². The highest BCUT2D eigenvalue weighted by molar-refractivity contribution is 6.32. The summed E-state index contributed by atoms with van der Waals surface area (Å²) >= 11 is 6.14. The molecule has 17 heavy (non-hydrogen) atoms. The van der Waals surface area contributed by atoms with Crippen LogP contribution in [0.4, 0.5) is 0 Å². The predicted molar refractivity (Wildman–Crippen MR) is 69.3 cm³/mol. The summed E-state index contributed by atoms with van der Waals surface area (Å²) in [6, 6.07) is 3.46. The standard InChI is InChI=1S/C12H19ClN2O2/c1-3-17-7-8-4-9(11(15)6-14)12(16-2)10(13)5-8/h4-5,11H,3,6-7,14-15H2,1-2H3. The van der Waals surface area contributed by atoms with Crippen LogP contribution in [-0.4, -0.2) is 20.3 Å². The minimum atomic E-state index is -0.288. The number of hydrogen-bond donors (Lipinski definition) is 2. The normalized spacial score (nSPS) is 12.5. The molecule has 0 aromatic heterocycles. The molecule has 0 saturated carbocycles. The van der Waals surface area contributed by atoms with E-state index >= 15 is 0 Å². The Hall–Kier alpha value is -0.810. The predicted octanol–water partition coefficient (Wildman–Crippen LogP) is 1.84. The monoisotopic (exact) mass is 258 g/mol. The maximum Gasteiger partial charge on any atom is 0.142 e. The number of halogens is 1. The van der Waals surface area contributed by atoms with Gasteiger partial charge in [-0.25, -0.2) is 0 Å². The number of methoxy groups -OCH3 is 1. The highest BCUT2D eigenvalue weighted by atomic mass is 35.5. The van der Waals surface area contributed by atoms with Crippen LogP contribution in [0, 0.1) is 0 Å². The van der Waals surface area contributed by atoms with Crippen molar-refractivity contribution in [2.45, 2.75) is 19.6 Å². The van der Waals surface area contributed by atoms with Crippen LogP contribution in [0.2, 0.25) is 5.02 Å². The van der Waals surface area contributed by atoms with E-state index in [0.717, 1.165) is 11.1 Å². The van der Waals surface area contributed by atoms with Crippen LogP contribution in [0.15, 0.2) is 12.1 Å². The van der Waals surface area contributed by atoms with Gasteiger partial charge in [0, 0.05) is 24.8 Å². The fraction of sp³-hybridized carbons (Fsp3) is 0.500. The van der Waals surface area contributed by atoms with Crippen LogP contribution in [0.1, 0.15) is 24.1 Å². The molecular formula is C12H19ClN2O2. The zero-order valence-electron chi connectivity index (χ0n) is 10.2. The van der Waals surface area contributed by atoms with Crippen molar-refractivity contribution in [1.29, 1.82) is 0 Å². The van der Waals surface area contributed by atoms with Gasteiger partial charge in [0.05, 0.1) is 18.7 Å². The molecule has 4 nitrogen and oxygen atoms in total. The molecule has 1 rings (SSSR count). The second-order valence-electron chi connectivity index (χ2n) is 3.68. The molecule has 1 aromatic carbocycles. The van der Waals surface area contributed by atoms with E-state index < -0.39 is 0 Å². The first kappa shape index (κ1) is 14.3. The van der Waals surface area contributed by atoms with Crippen molar-refractivity contribution in [1.82, 2.24) is 0 Å². The molecule has 0 amide bonds. The summed E-state index contributed by atoms with van der Waals surface area (Å²) in [6.07, 6.45) is 0. The van der Waals surface area contributed by atoms with Crippen LogP contribution >= 0.6 is 11.6 Å². The third-order valence-corrected chi connectivity index (χ3v) is 2.74. The van der Waals surface area contributed by atoms with E-state index in [2.05, 4.69) is 0 Å². The number of ether oxygens (including phenoxy) is 2. The number of hydrogen-bond acceptors (Lipinski definition) is 4. The average Bonchev–Trinajstić information content (AvgIpc) is 2.34. The van der Waals surface area contributed by atoms with Gasteiger partial charge in [-0.05, 0) is 24.6 Å². The smallest absolute Gasteiger partial charge is 0.142 e. The lowest BCUT2D eigenvalue weighted by Crippen LogP contribution is -2.21. The van der Waals surface area contributed by atoms with E-state index in [0.29, 0.717) is 30.5 Å². The summed E-state index contributed by atoms with van der Waals surface area (Å²) < 4.78 is 10.6. The van der Waals surface area contributed by atoms with Crippen LogP contribution in [0.3, 0.4) is 0 Å². The Morgan fingerprint density at radius 2 is 2.12 bits per heavy atom. The molecule has 0 aliphatic carbocycles. The summed E-state index contributed by atoms with van der Waals surface area (Å²) in [4.78, 5) is 0. The molecule has 0 aliphatic heterocycles. The number of nitrogens with two attached hydrogens (primary N) is 2. The summed E-state index contributed by atoms with van der Waals surface area (Å²) in [5, 5.41) is 0.531. The van der Waals surface area contributed by atoms with Gasteiger partial charge >= 0.3 is 0 Å². The van der Waals surface area contributed by atoms with Crippen molar-refractivity contribution in [3.63, 3.8) is 0 Å². The van der Waals surface area contributed by atoms with Crippen molar-refractivity contribution >= 4 is 11.6 Å². The Labute approximate surface area is 107 Å². The van der Waals surface area contributed by atoms with Gasteiger partial charge in [0.15, 0.2) is 0 Å². The average molecular weight is 259 g/mol. The van der Waals surface area contributed by atoms with Crippen molar-refractivity contribution in [2.75, 3.05) is 20.3 Å². The van der Waals surface area contributed by atoms with Crippen LogP contribution < -0.4 is 16.2 Å². The Bertz CT molecular complexity index is 372. The van der Waals surface area contributed by atoms with Gasteiger partial charge in [-0.2, -0.15) is 0 Å². The minimum absolute atomic E-state index is 0.288. The van der Waals surface area contributed by atoms with Gasteiger partial charge in [0.2, 0.25) is 0 Å². The lowest BCUT2D eigenvalue weighted by Gasteiger charge is -2.17. The highest BCUT2D eigenvalue weighted by Crippen LogP contribution is 2.33. The van der Waals surface area contributed by atoms with Gasteiger partial charge < -0.3 is 20.9 Å². The molecule has 0 aliphatic rings. The molecular weight excluding hydrogens is 240 g/mol. The first-order chi connectivity index (χ1) is 8.13. The molecule has 0 bridgehead atoms. The minimum Gasteiger partial charge on any atom is -0.495 e. The van der Waals surface area contributed by atoms with Crippen LogP contribution in [0.25, 0.3) is 0 Å². The lowest BCUT2D eigenvalue weighted by molar-refractivity contribution is 0.134. The first-order valence-corrected chi connectivity index (χ1v) is 5.91. The fourth-order valence-corrected chi connectivity index (χ4v) is 1.92. The lowest BCUT2D eigenvalue weighted by atomic mass is 10.0. The van der Waals surface area contributed by atoms with E-state index in [-0.39, 0.29) is 6.04 Å². The van der Waals surface area contributed by atoms with Gasteiger partial charge in [-0.3, -0.25) is 0 Å². The van der Waals surface area contributed by atoms with Gasteiger partial charge in [-0.15, -0.1) is 0 Å². The molecule has 1 aromatic rings. The number of rotatable bonds is 6. The molecule has 0 heterocycles. The third kappa shape index (κ3) is 3.57. The molecule has 0 saturated heterocycles. The second kappa shape index (κ2) is 6.81. The van der Waals surface area contributed by atoms with Crippen LogP contribution in [0.5, 0.6) is 5.75 Å². The largest absolute Gasteiger partial charge is 0.495 e. The first-order valence-electron chi connectivity index (χ1n) is 5.53. The Morgan fingerprint density at radius 1 is 1.41 bits per heavy atom. The van der Waals surface area contributed by atoms with Crippen molar-refractivity contribution in [3.8, 4) is 5.75 Å². The van der Waals surface area contributed by atoms with Crippen molar-refractivity contribution in [3.05, 3.63) is 28.3 Å². The molecule has 0 fully saturated rings.